The van der Waals surface area contributed by atoms with Gasteiger partial charge in [0.05, 0.1) is 11.0 Å². The summed E-state index contributed by atoms with van der Waals surface area (Å²) in [5.74, 6) is -0.0542. The first-order valence-electron chi connectivity index (χ1n) is 6.05. The van der Waals surface area contributed by atoms with Gasteiger partial charge in [0.25, 0.3) is 0 Å². The lowest BCUT2D eigenvalue weighted by Crippen LogP contribution is -2.35. The van der Waals surface area contributed by atoms with Crippen molar-refractivity contribution in [3.8, 4) is 5.75 Å². The minimum Gasteiger partial charge on any atom is -0.484 e. The first kappa shape index (κ1) is 17.0. The van der Waals surface area contributed by atoms with Gasteiger partial charge in [-0.2, -0.15) is 13.2 Å². The number of nitrogens with one attached hydrogen (secondary N) is 1. The lowest BCUT2D eigenvalue weighted by Gasteiger charge is -2.17. The van der Waals surface area contributed by atoms with Gasteiger partial charge in [-0.3, -0.25) is 10.1 Å². The number of benzene rings is 1. The molecule has 0 aliphatic carbocycles. The molecule has 0 saturated heterocycles. The van der Waals surface area contributed by atoms with Crippen molar-refractivity contribution in [3.05, 3.63) is 28.3 Å². The summed E-state index contributed by atoms with van der Waals surface area (Å²) >= 11 is 0. The molecule has 1 atom stereocenters. The lowest BCUT2D eigenvalue weighted by molar-refractivity contribution is -0.385. The highest BCUT2D eigenvalue weighted by molar-refractivity contribution is 5.68. The van der Waals surface area contributed by atoms with Gasteiger partial charge in [-0.1, -0.05) is 6.07 Å². The van der Waals surface area contributed by atoms with Crippen LogP contribution in [0.25, 0.3) is 0 Å². The molecule has 1 rings (SSSR count). The highest BCUT2D eigenvalue weighted by Gasteiger charge is 2.38. The van der Waals surface area contributed by atoms with Crippen molar-refractivity contribution in [2.75, 3.05) is 11.9 Å². The predicted molar refractivity (Wildman–Crippen MR) is 69.4 cm³/mol. The minimum absolute atomic E-state index is 0.0542. The van der Waals surface area contributed by atoms with Gasteiger partial charge in [-0.15, -0.1) is 0 Å². The summed E-state index contributed by atoms with van der Waals surface area (Å²) < 4.78 is 41.9. The van der Waals surface area contributed by atoms with Crippen LogP contribution < -0.4 is 10.1 Å². The van der Waals surface area contributed by atoms with Crippen LogP contribution in [-0.2, 0) is 0 Å². The molecule has 2 N–H and O–H groups in total. The normalized spacial score (nSPS) is 13.1. The molecule has 0 bridgehead atoms. The van der Waals surface area contributed by atoms with Crippen LogP contribution in [0, 0.1) is 10.1 Å². The first-order valence-corrected chi connectivity index (χ1v) is 6.05. The maximum atomic E-state index is 12.2. The number of aliphatic hydroxyl groups excluding tert-OH is 1. The molecule has 0 aliphatic heterocycles. The largest absolute Gasteiger partial charge is 0.484 e. The number of aliphatic hydroxyl groups is 1. The third-order valence-corrected chi connectivity index (χ3v) is 2.41. The predicted octanol–water partition coefficient (Wildman–Crippen LogP) is 2.72. The molecule has 1 aromatic rings. The second kappa shape index (κ2) is 6.61. The fraction of sp³-hybridized carbons (Fsp3) is 0.500. The number of alkyl halides is 3. The number of nitro groups is 1. The monoisotopic (exact) mass is 308 g/mol. The molecule has 0 radical (unpaired) electrons. The number of ether oxygens (including phenoxy) is 1. The molecule has 21 heavy (non-hydrogen) atoms. The van der Waals surface area contributed by atoms with E-state index in [1.165, 1.54) is 18.2 Å². The number of nitrogens with zero attached hydrogens (tertiary/aromatic N) is 1. The zero-order chi connectivity index (χ0) is 16.2. The Balaban J connectivity index is 2.99. The van der Waals surface area contributed by atoms with Crippen LogP contribution in [0.1, 0.15) is 13.8 Å². The van der Waals surface area contributed by atoms with Gasteiger partial charge in [0.15, 0.2) is 11.9 Å². The third-order valence-electron chi connectivity index (χ3n) is 2.41. The van der Waals surface area contributed by atoms with Crippen LogP contribution in [0.15, 0.2) is 18.2 Å². The van der Waals surface area contributed by atoms with E-state index in [1.54, 1.807) is 13.8 Å². The summed E-state index contributed by atoms with van der Waals surface area (Å²) in [6.45, 7) is 2.43. The average Bonchev–Trinajstić information content (AvgIpc) is 2.33. The molecule has 0 aliphatic rings. The Morgan fingerprint density at radius 3 is 2.52 bits per heavy atom. The first-order chi connectivity index (χ1) is 9.62. The summed E-state index contributed by atoms with van der Waals surface area (Å²) in [5, 5.41) is 22.2. The van der Waals surface area contributed by atoms with Crippen molar-refractivity contribution in [1.82, 2.24) is 0 Å². The van der Waals surface area contributed by atoms with Gasteiger partial charge in [-0.05, 0) is 26.0 Å². The van der Waals surface area contributed by atoms with Crippen LogP contribution >= 0.6 is 0 Å². The molecule has 118 valence electrons. The average molecular weight is 308 g/mol. The number of nitro benzene ring substituents is 1. The Bertz CT molecular complexity index is 506. The van der Waals surface area contributed by atoms with Crippen LogP contribution in [0.3, 0.4) is 0 Å². The molecule has 1 unspecified atom stereocenters. The zero-order valence-corrected chi connectivity index (χ0v) is 11.3. The standard InChI is InChI=1S/C12H15F3N2O4/c1-7(2)21-9-5-3-4-8(11(9)17(19)20)16-6-10(18)12(13,14)15/h3-5,7,10,16,18H,6H2,1-2H3. The zero-order valence-electron chi connectivity index (χ0n) is 11.3. The highest BCUT2D eigenvalue weighted by Crippen LogP contribution is 2.35. The SMILES string of the molecule is CC(C)Oc1cccc(NCC(O)C(F)(F)F)c1[N+](=O)[O-]. The van der Waals surface area contributed by atoms with Gasteiger partial charge < -0.3 is 15.2 Å². The summed E-state index contributed by atoms with van der Waals surface area (Å²) in [7, 11) is 0. The minimum atomic E-state index is -4.80. The third kappa shape index (κ3) is 4.78. The summed E-state index contributed by atoms with van der Waals surface area (Å²) in [6.07, 6.45) is -7.75. The van der Waals surface area contributed by atoms with Gasteiger partial charge in [0, 0.05) is 6.54 Å². The van der Waals surface area contributed by atoms with E-state index in [-0.39, 0.29) is 17.5 Å². The summed E-state index contributed by atoms with van der Waals surface area (Å²) in [6, 6.07) is 4.00. The van der Waals surface area contributed by atoms with Crippen molar-refractivity contribution in [2.24, 2.45) is 0 Å². The van der Waals surface area contributed by atoms with Gasteiger partial charge in [0.1, 0.15) is 5.69 Å². The van der Waals surface area contributed by atoms with Crippen molar-refractivity contribution >= 4 is 11.4 Å². The number of rotatable bonds is 6. The van der Waals surface area contributed by atoms with E-state index in [4.69, 9.17) is 9.84 Å². The van der Waals surface area contributed by atoms with E-state index in [2.05, 4.69) is 5.32 Å². The number of anilines is 1. The molecule has 0 aromatic heterocycles. The van der Waals surface area contributed by atoms with Crippen molar-refractivity contribution in [1.29, 1.82) is 0 Å². The Labute approximate surface area is 118 Å². The van der Waals surface area contributed by atoms with E-state index in [0.717, 1.165) is 0 Å². The molecule has 0 heterocycles. The van der Waals surface area contributed by atoms with Gasteiger partial charge in [0.2, 0.25) is 0 Å². The highest BCUT2D eigenvalue weighted by atomic mass is 19.4. The smallest absolute Gasteiger partial charge is 0.416 e. The van der Waals surface area contributed by atoms with Gasteiger partial charge >= 0.3 is 11.9 Å². The van der Waals surface area contributed by atoms with Crippen molar-refractivity contribution in [3.63, 3.8) is 0 Å². The quantitative estimate of drug-likeness (QED) is 0.623. The maximum absolute atomic E-state index is 12.2. The summed E-state index contributed by atoms with van der Waals surface area (Å²) in [4.78, 5) is 10.3. The van der Waals surface area contributed by atoms with Crippen LogP contribution in [0.5, 0.6) is 5.75 Å². The second-order valence-corrected chi connectivity index (χ2v) is 4.51. The second-order valence-electron chi connectivity index (χ2n) is 4.51. The fourth-order valence-corrected chi connectivity index (χ4v) is 1.52. The topological polar surface area (TPSA) is 84.6 Å². The Morgan fingerprint density at radius 2 is 2.05 bits per heavy atom. The van der Waals surface area contributed by atoms with E-state index in [1.807, 2.05) is 0 Å². The molecule has 9 heteroatoms. The Morgan fingerprint density at radius 1 is 1.43 bits per heavy atom. The number of hydrogen-bond donors (Lipinski definition) is 2. The molecule has 0 spiro atoms. The van der Waals surface area contributed by atoms with Crippen LogP contribution in [-0.4, -0.2) is 35.0 Å². The number of hydrogen-bond acceptors (Lipinski definition) is 5. The fourth-order valence-electron chi connectivity index (χ4n) is 1.52. The van der Waals surface area contributed by atoms with Crippen molar-refractivity contribution in [2.45, 2.75) is 32.2 Å². The van der Waals surface area contributed by atoms with E-state index in [9.17, 15) is 23.3 Å². The Kier molecular flexibility index (Phi) is 5.36. The maximum Gasteiger partial charge on any atom is 0.416 e. The van der Waals surface area contributed by atoms with E-state index >= 15 is 0 Å². The van der Waals surface area contributed by atoms with Gasteiger partial charge in [-0.25, -0.2) is 0 Å². The van der Waals surface area contributed by atoms with E-state index < -0.39 is 29.4 Å². The molecule has 6 nitrogen and oxygen atoms in total. The molecule has 1 aromatic carbocycles. The van der Waals surface area contributed by atoms with Crippen LogP contribution in [0.2, 0.25) is 0 Å². The number of para-hydroxylation sites is 1. The van der Waals surface area contributed by atoms with Crippen molar-refractivity contribution < 1.29 is 27.9 Å². The molecule has 0 fully saturated rings. The molecule has 0 saturated carbocycles. The van der Waals surface area contributed by atoms with E-state index in [0.29, 0.717) is 0 Å². The molecular weight excluding hydrogens is 293 g/mol. The number of halogens is 3. The van der Waals surface area contributed by atoms with Crippen LogP contribution in [0.4, 0.5) is 24.5 Å². The lowest BCUT2D eigenvalue weighted by atomic mass is 10.2. The molecule has 0 amide bonds. The molecular formula is C12H15F3N2O4. The summed E-state index contributed by atoms with van der Waals surface area (Å²) in [5.41, 5.74) is -0.623. The Hall–Kier alpha value is -2.03.